The van der Waals surface area contributed by atoms with Gasteiger partial charge in [-0.1, -0.05) is 43.6 Å². The summed E-state index contributed by atoms with van der Waals surface area (Å²) in [6.45, 7) is 7.39. The Bertz CT molecular complexity index is 961. The van der Waals surface area contributed by atoms with Crippen molar-refractivity contribution < 1.29 is 13.2 Å². The molecule has 0 aliphatic carbocycles. The van der Waals surface area contributed by atoms with Crippen LogP contribution in [0, 0.1) is 18.8 Å². The van der Waals surface area contributed by atoms with E-state index in [1.165, 1.54) is 0 Å². The second-order valence-corrected chi connectivity index (χ2v) is 10.1. The minimum atomic E-state index is -3.68. The third-order valence-electron chi connectivity index (χ3n) is 4.99. The van der Waals surface area contributed by atoms with Crippen LogP contribution in [0.15, 0.2) is 41.3 Å². The second-order valence-electron chi connectivity index (χ2n) is 7.82. The highest BCUT2D eigenvalue weighted by molar-refractivity contribution is 7.90. The van der Waals surface area contributed by atoms with Crippen LogP contribution in [0.4, 0.5) is 0 Å². The molecule has 0 saturated carbocycles. The predicted octanol–water partition coefficient (Wildman–Crippen LogP) is 4.14. The van der Waals surface area contributed by atoms with Gasteiger partial charge in [0.2, 0.25) is 0 Å². The lowest BCUT2D eigenvalue weighted by Crippen LogP contribution is -2.42. The van der Waals surface area contributed by atoms with Crippen molar-refractivity contribution in [2.75, 3.05) is 13.1 Å². The Kier molecular flexibility index (Phi) is 6.10. The average molecular weight is 421 g/mol. The maximum absolute atomic E-state index is 12.9. The topological polar surface area (TPSA) is 67.3 Å². The third kappa shape index (κ3) is 4.55. The number of amides is 1. The molecule has 1 aliphatic rings. The van der Waals surface area contributed by atoms with Crippen LogP contribution >= 0.6 is 11.6 Å². The summed E-state index contributed by atoms with van der Waals surface area (Å²) < 4.78 is 25.8. The van der Waals surface area contributed by atoms with Gasteiger partial charge in [0.1, 0.15) is 5.69 Å². The molecular formula is C21H25ClN2O3S. The van der Waals surface area contributed by atoms with E-state index in [0.717, 1.165) is 6.42 Å². The van der Waals surface area contributed by atoms with E-state index in [2.05, 4.69) is 18.8 Å². The third-order valence-corrected chi connectivity index (χ3v) is 7.26. The zero-order valence-electron chi connectivity index (χ0n) is 16.4. The van der Waals surface area contributed by atoms with E-state index >= 15 is 0 Å². The Morgan fingerprint density at radius 1 is 1.14 bits per heavy atom. The molecule has 1 fully saturated rings. The van der Waals surface area contributed by atoms with Gasteiger partial charge in [0.25, 0.3) is 5.91 Å². The Balaban J connectivity index is 1.85. The van der Waals surface area contributed by atoms with Crippen molar-refractivity contribution in [2.45, 2.75) is 37.8 Å². The van der Waals surface area contributed by atoms with E-state index in [0.29, 0.717) is 36.2 Å². The molecule has 28 heavy (non-hydrogen) atoms. The monoisotopic (exact) mass is 420 g/mol. The second kappa shape index (κ2) is 8.21. The number of piperidine rings is 1. The van der Waals surface area contributed by atoms with Crippen molar-refractivity contribution in [3.05, 3.63) is 58.4 Å². The van der Waals surface area contributed by atoms with E-state index in [1.807, 2.05) is 4.90 Å². The highest BCUT2D eigenvalue weighted by Gasteiger charge is 2.27. The normalized spacial score (nSPS) is 20.2. The lowest BCUT2D eigenvalue weighted by atomic mass is 9.92. The van der Waals surface area contributed by atoms with Crippen molar-refractivity contribution >= 4 is 27.3 Å². The standard InChI is InChI=1S/C21H25ClN2O3S/c1-14-10-15(2)12-24(11-14)21(25)19-9-5-7-17(23-19)13-28(26,27)20-16(3)6-4-8-18(20)22/h4-9,14-15H,10-13H2,1-3H3. The molecular weight excluding hydrogens is 396 g/mol. The number of nitrogens with zero attached hydrogens (tertiary/aromatic N) is 2. The largest absolute Gasteiger partial charge is 0.337 e. The van der Waals surface area contributed by atoms with Crippen LogP contribution in [0.1, 0.15) is 42.0 Å². The number of sulfone groups is 1. The zero-order valence-corrected chi connectivity index (χ0v) is 17.9. The predicted molar refractivity (Wildman–Crippen MR) is 110 cm³/mol. The van der Waals surface area contributed by atoms with Gasteiger partial charge in [0.05, 0.1) is 21.4 Å². The fourth-order valence-corrected chi connectivity index (χ4v) is 6.14. The first-order chi connectivity index (χ1) is 13.2. The summed E-state index contributed by atoms with van der Waals surface area (Å²) in [7, 11) is -3.68. The Morgan fingerprint density at radius 3 is 2.43 bits per heavy atom. The molecule has 7 heteroatoms. The quantitative estimate of drug-likeness (QED) is 0.745. The molecule has 150 valence electrons. The molecule has 1 aromatic heterocycles. The first kappa shape index (κ1) is 20.8. The molecule has 1 saturated heterocycles. The summed E-state index contributed by atoms with van der Waals surface area (Å²) >= 11 is 6.13. The molecule has 1 amide bonds. The highest BCUT2D eigenvalue weighted by Crippen LogP contribution is 2.28. The number of halogens is 1. The number of aromatic nitrogens is 1. The Morgan fingerprint density at radius 2 is 1.79 bits per heavy atom. The molecule has 2 unspecified atom stereocenters. The molecule has 2 aromatic rings. The molecule has 1 aromatic carbocycles. The molecule has 5 nitrogen and oxygen atoms in total. The van der Waals surface area contributed by atoms with Gasteiger partial charge in [0, 0.05) is 13.1 Å². The first-order valence-corrected chi connectivity index (χ1v) is 11.4. The smallest absolute Gasteiger partial charge is 0.272 e. The molecule has 2 atom stereocenters. The van der Waals surface area contributed by atoms with Gasteiger partial charge in [-0.2, -0.15) is 0 Å². The molecule has 3 rings (SSSR count). The number of aryl methyl sites for hydroxylation is 1. The molecule has 1 aliphatic heterocycles. The number of carbonyl (C=O) groups excluding carboxylic acids is 1. The van der Waals surface area contributed by atoms with Gasteiger partial charge < -0.3 is 4.90 Å². The van der Waals surface area contributed by atoms with Crippen molar-refractivity contribution in [2.24, 2.45) is 11.8 Å². The number of likely N-dealkylation sites (tertiary alicyclic amines) is 1. The van der Waals surface area contributed by atoms with E-state index in [1.54, 1.807) is 43.3 Å². The van der Waals surface area contributed by atoms with Crippen LogP contribution in [-0.4, -0.2) is 37.3 Å². The highest BCUT2D eigenvalue weighted by atomic mass is 35.5. The molecule has 0 N–H and O–H groups in total. The summed E-state index contributed by atoms with van der Waals surface area (Å²) in [6, 6.07) is 9.94. The lowest BCUT2D eigenvalue weighted by molar-refractivity contribution is 0.0617. The number of carbonyl (C=O) groups is 1. The minimum Gasteiger partial charge on any atom is -0.337 e. The SMILES string of the molecule is Cc1cccc(Cl)c1S(=O)(=O)Cc1cccc(C(=O)N2CC(C)CC(C)C2)n1. The maximum Gasteiger partial charge on any atom is 0.272 e. The fourth-order valence-electron chi connectivity index (χ4n) is 3.95. The number of benzene rings is 1. The summed E-state index contributed by atoms with van der Waals surface area (Å²) in [5, 5.41) is 0.198. The van der Waals surface area contributed by atoms with Crippen LogP contribution in [0.5, 0.6) is 0 Å². The van der Waals surface area contributed by atoms with Crippen LogP contribution in [0.3, 0.4) is 0 Å². The van der Waals surface area contributed by atoms with Gasteiger partial charge in [-0.05, 0) is 48.9 Å². The van der Waals surface area contributed by atoms with E-state index < -0.39 is 9.84 Å². The zero-order chi connectivity index (χ0) is 20.5. The molecule has 0 bridgehead atoms. The van der Waals surface area contributed by atoms with Crippen LogP contribution in [0.2, 0.25) is 5.02 Å². The van der Waals surface area contributed by atoms with Crippen molar-refractivity contribution in [1.29, 1.82) is 0 Å². The molecule has 0 spiro atoms. The van der Waals surface area contributed by atoms with Crippen LogP contribution in [0.25, 0.3) is 0 Å². The number of hydrogen-bond acceptors (Lipinski definition) is 4. The first-order valence-electron chi connectivity index (χ1n) is 9.40. The summed E-state index contributed by atoms with van der Waals surface area (Å²) in [4.78, 5) is 19.2. The Hall–Kier alpha value is -1.92. The van der Waals surface area contributed by atoms with Gasteiger partial charge in [-0.3, -0.25) is 4.79 Å². The van der Waals surface area contributed by atoms with Gasteiger partial charge in [-0.15, -0.1) is 0 Å². The van der Waals surface area contributed by atoms with Crippen molar-refractivity contribution in [3.63, 3.8) is 0 Å². The van der Waals surface area contributed by atoms with Crippen LogP contribution in [-0.2, 0) is 15.6 Å². The van der Waals surface area contributed by atoms with E-state index in [9.17, 15) is 13.2 Å². The van der Waals surface area contributed by atoms with Gasteiger partial charge in [0.15, 0.2) is 9.84 Å². The van der Waals surface area contributed by atoms with Crippen LogP contribution < -0.4 is 0 Å². The Labute approximate surface area is 171 Å². The van der Waals surface area contributed by atoms with Crippen molar-refractivity contribution in [1.82, 2.24) is 9.88 Å². The number of hydrogen-bond donors (Lipinski definition) is 0. The molecule has 0 radical (unpaired) electrons. The lowest BCUT2D eigenvalue weighted by Gasteiger charge is -2.34. The van der Waals surface area contributed by atoms with E-state index in [-0.39, 0.29) is 27.3 Å². The summed E-state index contributed by atoms with van der Waals surface area (Å²) in [6.07, 6.45) is 1.10. The average Bonchev–Trinajstić information content (AvgIpc) is 2.59. The number of pyridine rings is 1. The molecule has 2 heterocycles. The van der Waals surface area contributed by atoms with Gasteiger partial charge in [-0.25, -0.2) is 13.4 Å². The number of rotatable bonds is 4. The fraction of sp³-hybridized carbons (Fsp3) is 0.429. The summed E-state index contributed by atoms with van der Waals surface area (Å²) in [5.41, 5.74) is 1.21. The summed E-state index contributed by atoms with van der Waals surface area (Å²) in [5.74, 6) is 0.441. The van der Waals surface area contributed by atoms with Gasteiger partial charge >= 0.3 is 0 Å². The van der Waals surface area contributed by atoms with Crippen molar-refractivity contribution in [3.8, 4) is 0 Å². The maximum atomic E-state index is 12.9. The minimum absolute atomic E-state index is 0.119. The van der Waals surface area contributed by atoms with E-state index in [4.69, 9.17) is 11.6 Å².